The van der Waals surface area contributed by atoms with Crippen molar-refractivity contribution in [1.29, 1.82) is 0 Å². The fourth-order valence-electron chi connectivity index (χ4n) is 2.18. The summed E-state index contributed by atoms with van der Waals surface area (Å²) in [5, 5.41) is 0. The van der Waals surface area contributed by atoms with Crippen LogP contribution in [0, 0.1) is 0 Å². The van der Waals surface area contributed by atoms with E-state index in [0.29, 0.717) is 5.92 Å². The Morgan fingerprint density at radius 3 is 2.69 bits per heavy atom. The van der Waals surface area contributed by atoms with Crippen LogP contribution in [0.5, 0.6) is 0 Å². The molecule has 0 radical (unpaired) electrons. The topological polar surface area (TPSA) is 16.1 Å². The third-order valence-corrected chi connectivity index (χ3v) is 3.22. The van der Waals surface area contributed by atoms with Crippen LogP contribution in [0.25, 0.3) is 0 Å². The minimum absolute atomic E-state index is 0.101. The molecule has 1 saturated heterocycles. The van der Waals surface area contributed by atoms with Crippen LogP contribution in [0.4, 0.5) is 8.78 Å². The molecule has 0 atom stereocenters. The second kappa shape index (κ2) is 4.87. The second-order valence-electron chi connectivity index (χ2n) is 4.39. The second-order valence-corrected chi connectivity index (χ2v) is 4.39. The van der Waals surface area contributed by atoms with Crippen molar-refractivity contribution in [3.8, 4) is 0 Å². The number of piperidine rings is 1. The number of hydrogen-bond donors (Lipinski definition) is 0. The third-order valence-electron chi connectivity index (χ3n) is 3.22. The maximum absolute atomic E-state index is 12.5. The van der Waals surface area contributed by atoms with E-state index in [0.717, 1.165) is 31.5 Å². The number of halogens is 2. The standard InChI is InChI=1S/C12H16F2N2/c1-16-6-3-9(4-7-16)10-2-5-15-11(8-10)12(13)14/h2,5,8-9,12H,3-4,6-7H2,1H3. The van der Waals surface area contributed by atoms with Gasteiger partial charge >= 0.3 is 0 Å². The van der Waals surface area contributed by atoms with Crippen molar-refractivity contribution in [3.05, 3.63) is 29.6 Å². The normalized spacial score (nSPS) is 19.2. The Morgan fingerprint density at radius 1 is 1.38 bits per heavy atom. The number of likely N-dealkylation sites (tertiary alicyclic amines) is 1. The molecule has 88 valence electrons. The van der Waals surface area contributed by atoms with Crippen LogP contribution < -0.4 is 0 Å². The molecule has 1 aromatic heterocycles. The summed E-state index contributed by atoms with van der Waals surface area (Å²) in [5.74, 6) is 0.414. The molecule has 0 aliphatic carbocycles. The first-order chi connectivity index (χ1) is 7.66. The molecular formula is C12H16F2N2. The molecule has 0 amide bonds. The van der Waals surface area contributed by atoms with E-state index < -0.39 is 6.43 Å². The van der Waals surface area contributed by atoms with Crippen LogP contribution in [0.15, 0.2) is 18.3 Å². The van der Waals surface area contributed by atoms with E-state index in [4.69, 9.17) is 0 Å². The van der Waals surface area contributed by atoms with Gasteiger partial charge in [0.15, 0.2) is 0 Å². The SMILES string of the molecule is CN1CCC(c2ccnc(C(F)F)c2)CC1. The van der Waals surface area contributed by atoms with E-state index in [9.17, 15) is 8.78 Å². The Kier molecular flexibility index (Phi) is 3.49. The molecule has 0 unspecified atom stereocenters. The first-order valence-electron chi connectivity index (χ1n) is 5.59. The average Bonchev–Trinajstić information content (AvgIpc) is 2.30. The van der Waals surface area contributed by atoms with Crippen molar-refractivity contribution in [3.63, 3.8) is 0 Å². The molecule has 1 aliphatic rings. The van der Waals surface area contributed by atoms with Crippen LogP contribution in [0.3, 0.4) is 0 Å². The van der Waals surface area contributed by atoms with Gasteiger partial charge in [-0.2, -0.15) is 0 Å². The highest BCUT2D eigenvalue weighted by molar-refractivity contribution is 5.21. The molecule has 0 N–H and O–H groups in total. The maximum Gasteiger partial charge on any atom is 0.280 e. The van der Waals surface area contributed by atoms with Gasteiger partial charge in [0.05, 0.1) is 0 Å². The number of alkyl halides is 2. The molecule has 16 heavy (non-hydrogen) atoms. The summed E-state index contributed by atoms with van der Waals surface area (Å²) < 4.78 is 25.0. The number of nitrogens with zero attached hydrogens (tertiary/aromatic N) is 2. The first kappa shape index (κ1) is 11.5. The van der Waals surface area contributed by atoms with E-state index in [1.54, 1.807) is 6.07 Å². The van der Waals surface area contributed by atoms with Gasteiger partial charge in [-0.25, -0.2) is 8.78 Å². The van der Waals surface area contributed by atoms with Crippen LogP contribution in [0.1, 0.15) is 36.4 Å². The van der Waals surface area contributed by atoms with Gasteiger partial charge in [-0.1, -0.05) is 0 Å². The van der Waals surface area contributed by atoms with Gasteiger partial charge in [0.1, 0.15) is 5.69 Å². The van der Waals surface area contributed by atoms with Gasteiger partial charge in [-0.05, 0) is 56.6 Å². The van der Waals surface area contributed by atoms with E-state index in [1.165, 1.54) is 6.20 Å². The fourth-order valence-corrected chi connectivity index (χ4v) is 2.18. The highest BCUT2D eigenvalue weighted by Crippen LogP contribution is 2.29. The molecule has 2 heterocycles. The summed E-state index contributed by atoms with van der Waals surface area (Å²) in [6.07, 6.45) is 1.12. The molecule has 4 heteroatoms. The van der Waals surface area contributed by atoms with Gasteiger partial charge in [-0.3, -0.25) is 4.98 Å². The summed E-state index contributed by atoms with van der Waals surface area (Å²) in [7, 11) is 2.09. The summed E-state index contributed by atoms with van der Waals surface area (Å²) in [5.41, 5.74) is 0.912. The first-order valence-corrected chi connectivity index (χ1v) is 5.59. The van der Waals surface area contributed by atoms with Gasteiger partial charge in [0.25, 0.3) is 6.43 Å². The molecular weight excluding hydrogens is 210 g/mol. The number of aromatic nitrogens is 1. The zero-order valence-electron chi connectivity index (χ0n) is 9.37. The molecule has 1 aromatic rings. The predicted octanol–water partition coefficient (Wildman–Crippen LogP) is 2.83. The van der Waals surface area contributed by atoms with Gasteiger partial charge in [0.2, 0.25) is 0 Å². The lowest BCUT2D eigenvalue weighted by Gasteiger charge is -2.29. The lowest BCUT2D eigenvalue weighted by Crippen LogP contribution is -2.29. The molecule has 2 nitrogen and oxygen atoms in total. The van der Waals surface area contributed by atoms with Gasteiger partial charge in [-0.15, -0.1) is 0 Å². The van der Waals surface area contributed by atoms with Crippen LogP contribution in [-0.4, -0.2) is 30.0 Å². The van der Waals surface area contributed by atoms with E-state index in [2.05, 4.69) is 16.9 Å². The largest absolute Gasteiger partial charge is 0.306 e. The average molecular weight is 226 g/mol. The third kappa shape index (κ3) is 2.55. The summed E-state index contributed by atoms with van der Waals surface area (Å²) >= 11 is 0. The van der Waals surface area contributed by atoms with Crippen LogP contribution >= 0.6 is 0 Å². The molecule has 1 aliphatic heterocycles. The quantitative estimate of drug-likeness (QED) is 0.770. The van der Waals surface area contributed by atoms with Crippen molar-refractivity contribution in [2.75, 3.05) is 20.1 Å². The summed E-state index contributed by atoms with van der Waals surface area (Å²) in [6.45, 7) is 2.08. The van der Waals surface area contributed by atoms with Crippen molar-refractivity contribution >= 4 is 0 Å². The lowest BCUT2D eigenvalue weighted by atomic mass is 9.90. The monoisotopic (exact) mass is 226 g/mol. The van der Waals surface area contributed by atoms with Gasteiger partial charge in [0, 0.05) is 6.20 Å². The van der Waals surface area contributed by atoms with Gasteiger partial charge < -0.3 is 4.90 Å². The number of pyridine rings is 1. The Morgan fingerprint density at radius 2 is 2.06 bits per heavy atom. The Hall–Kier alpha value is -1.03. The highest BCUT2D eigenvalue weighted by atomic mass is 19.3. The molecule has 0 aromatic carbocycles. The maximum atomic E-state index is 12.5. The van der Waals surface area contributed by atoms with Crippen molar-refractivity contribution in [2.45, 2.75) is 25.2 Å². The van der Waals surface area contributed by atoms with E-state index >= 15 is 0 Å². The predicted molar refractivity (Wildman–Crippen MR) is 58.7 cm³/mol. The smallest absolute Gasteiger partial charge is 0.280 e. The zero-order chi connectivity index (χ0) is 11.5. The Balaban J connectivity index is 2.11. The molecule has 2 rings (SSSR count). The minimum Gasteiger partial charge on any atom is -0.306 e. The Labute approximate surface area is 94.3 Å². The zero-order valence-corrected chi connectivity index (χ0v) is 9.37. The van der Waals surface area contributed by atoms with Crippen molar-refractivity contribution < 1.29 is 8.78 Å². The fraction of sp³-hybridized carbons (Fsp3) is 0.583. The van der Waals surface area contributed by atoms with E-state index in [1.807, 2.05) is 6.07 Å². The number of rotatable bonds is 2. The molecule has 0 spiro atoms. The number of hydrogen-bond acceptors (Lipinski definition) is 2. The molecule has 0 bridgehead atoms. The van der Waals surface area contributed by atoms with E-state index in [-0.39, 0.29) is 5.69 Å². The van der Waals surface area contributed by atoms with Crippen molar-refractivity contribution in [2.24, 2.45) is 0 Å². The molecule has 0 saturated carbocycles. The summed E-state index contributed by atoms with van der Waals surface area (Å²) in [6, 6.07) is 3.42. The lowest BCUT2D eigenvalue weighted by molar-refractivity contribution is 0.146. The minimum atomic E-state index is -2.47. The summed E-state index contributed by atoms with van der Waals surface area (Å²) in [4.78, 5) is 5.96. The Bertz CT molecular complexity index is 347. The van der Waals surface area contributed by atoms with Crippen LogP contribution in [0.2, 0.25) is 0 Å². The molecule has 1 fully saturated rings. The van der Waals surface area contributed by atoms with Crippen molar-refractivity contribution in [1.82, 2.24) is 9.88 Å². The van der Waals surface area contributed by atoms with Crippen LogP contribution in [-0.2, 0) is 0 Å². The highest BCUT2D eigenvalue weighted by Gasteiger charge is 2.19.